The van der Waals surface area contributed by atoms with Gasteiger partial charge in [0.05, 0.1) is 35.1 Å². The summed E-state index contributed by atoms with van der Waals surface area (Å²) in [4.78, 5) is 4.73. The van der Waals surface area contributed by atoms with Crippen LogP contribution in [-0.4, -0.2) is 18.1 Å². The lowest BCUT2D eigenvalue weighted by atomic mass is 10.0. The van der Waals surface area contributed by atoms with E-state index in [0.717, 1.165) is 48.3 Å². The highest BCUT2D eigenvalue weighted by molar-refractivity contribution is 6.35. The van der Waals surface area contributed by atoms with E-state index < -0.39 is 0 Å². The second-order valence-corrected chi connectivity index (χ2v) is 5.18. The van der Waals surface area contributed by atoms with Crippen LogP contribution in [0.3, 0.4) is 0 Å². The third-order valence-electron chi connectivity index (χ3n) is 3.43. The van der Waals surface area contributed by atoms with Crippen LogP contribution < -0.4 is 5.32 Å². The van der Waals surface area contributed by atoms with E-state index in [1.54, 1.807) is 0 Å². The molecule has 1 N–H and O–H groups in total. The second-order valence-electron chi connectivity index (χ2n) is 4.78. The molecule has 4 heteroatoms. The maximum Gasteiger partial charge on any atom is 0.0912 e. The number of para-hydroxylation sites is 1. The Hall–Kier alpha value is -1.32. The molecule has 1 aliphatic heterocycles. The Bertz CT molecular complexity index is 613. The molecule has 0 fully saturated rings. The number of nitrogens with zero attached hydrogens (tertiary/aromatic N) is 1. The Morgan fingerprint density at radius 3 is 3.16 bits per heavy atom. The molecule has 3 rings (SSSR count). The number of fused-ring (bicyclic) bond motifs is 2. The average molecular weight is 277 g/mol. The van der Waals surface area contributed by atoms with Crippen molar-refractivity contribution in [3.05, 3.63) is 34.5 Å². The number of hydrogen-bond donors (Lipinski definition) is 1. The molecular weight excluding hydrogens is 260 g/mol. The number of nitrogens with one attached hydrogen (secondary N) is 1. The lowest BCUT2D eigenvalue weighted by Gasteiger charge is -2.22. The Morgan fingerprint density at radius 2 is 2.32 bits per heavy atom. The standard InChI is InChI=1S/C15H17ClN2O/c1-2-7-17-14-10-4-3-5-12(16)15(10)18-13-6-8-19-9-11(13)14/h3-5H,2,6-9H2,1H3,(H,17,18). The van der Waals surface area contributed by atoms with E-state index in [1.807, 2.05) is 12.1 Å². The molecule has 1 aromatic heterocycles. The van der Waals surface area contributed by atoms with E-state index in [-0.39, 0.29) is 0 Å². The van der Waals surface area contributed by atoms with Gasteiger partial charge in [-0.05, 0) is 12.5 Å². The van der Waals surface area contributed by atoms with Crippen molar-refractivity contribution in [2.75, 3.05) is 18.5 Å². The molecule has 2 heterocycles. The highest BCUT2D eigenvalue weighted by Crippen LogP contribution is 2.34. The molecule has 100 valence electrons. The van der Waals surface area contributed by atoms with Crippen LogP contribution in [0.25, 0.3) is 10.9 Å². The topological polar surface area (TPSA) is 34.2 Å². The van der Waals surface area contributed by atoms with E-state index in [4.69, 9.17) is 21.3 Å². The van der Waals surface area contributed by atoms with Crippen LogP contribution in [0.15, 0.2) is 18.2 Å². The molecule has 0 bridgehead atoms. The fraction of sp³-hybridized carbons (Fsp3) is 0.400. The van der Waals surface area contributed by atoms with Crippen LogP contribution in [-0.2, 0) is 17.8 Å². The third kappa shape index (κ3) is 2.28. The average Bonchev–Trinajstić information content (AvgIpc) is 2.44. The van der Waals surface area contributed by atoms with Crippen molar-refractivity contribution in [1.29, 1.82) is 0 Å². The Balaban J connectivity index is 2.24. The lowest BCUT2D eigenvalue weighted by molar-refractivity contribution is 0.110. The van der Waals surface area contributed by atoms with Gasteiger partial charge in [-0.3, -0.25) is 4.98 Å². The highest BCUT2D eigenvalue weighted by atomic mass is 35.5. The highest BCUT2D eigenvalue weighted by Gasteiger charge is 2.19. The zero-order valence-corrected chi connectivity index (χ0v) is 11.8. The normalized spacial score (nSPS) is 14.4. The summed E-state index contributed by atoms with van der Waals surface area (Å²) in [6, 6.07) is 5.94. The zero-order chi connectivity index (χ0) is 13.2. The number of benzene rings is 1. The van der Waals surface area contributed by atoms with Gasteiger partial charge in [0.2, 0.25) is 0 Å². The number of rotatable bonds is 3. The van der Waals surface area contributed by atoms with E-state index in [0.29, 0.717) is 11.6 Å². The summed E-state index contributed by atoms with van der Waals surface area (Å²) in [5.41, 5.74) is 4.34. The lowest BCUT2D eigenvalue weighted by Crippen LogP contribution is -2.15. The van der Waals surface area contributed by atoms with Crippen molar-refractivity contribution in [3.63, 3.8) is 0 Å². The number of halogens is 1. The maximum absolute atomic E-state index is 6.28. The summed E-state index contributed by atoms with van der Waals surface area (Å²) in [7, 11) is 0. The van der Waals surface area contributed by atoms with Crippen molar-refractivity contribution in [2.24, 2.45) is 0 Å². The zero-order valence-electron chi connectivity index (χ0n) is 11.0. The van der Waals surface area contributed by atoms with Gasteiger partial charge < -0.3 is 10.1 Å². The number of ether oxygens (including phenoxy) is 1. The fourth-order valence-corrected chi connectivity index (χ4v) is 2.71. The minimum Gasteiger partial charge on any atom is -0.384 e. The first-order valence-electron chi connectivity index (χ1n) is 6.73. The molecule has 0 spiro atoms. The quantitative estimate of drug-likeness (QED) is 0.926. The molecule has 0 saturated carbocycles. The second kappa shape index (κ2) is 5.35. The van der Waals surface area contributed by atoms with Gasteiger partial charge in [-0.2, -0.15) is 0 Å². The van der Waals surface area contributed by atoms with Crippen LogP contribution in [0.2, 0.25) is 5.02 Å². The van der Waals surface area contributed by atoms with Gasteiger partial charge >= 0.3 is 0 Å². The van der Waals surface area contributed by atoms with Crippen LogP contribution in [0.1, 0.15) is 24.6 Å². The van der Waals surface area contributed by atoms with Crippen LogP contribution >= 0.6 is 11.6 Å². The Morgan fingerprint density at radius 1 is 1.42 bits per heavy atom. The van der Waals surface area contributed by atoms with Gasteiger partial charge in [0, 0.05) is 23.9 Å². The van der Waals surface area contributed by atoms with Crippen LogP contribution in [0, 0.1) is 0 Å². The Labute approximate surface area is 117 Å². The largest absolute Gasteiger partial charge is 0.384 e. The molecule has 0 amide bonds. The predicted molar refractivity (Wildman–Crippen MR) is 78.9 cm³/mol. The molecule has 19 heavy (non-hydrogen) atoms. The molecule has 1 aliphatic rings. The fourth-order valence-electron chi connectivity index (χ4n) is 2.50. The summed E-state index contributed by atoms with van der Waals surface area (Å²) >= 11 is 6.28. The van der Waals surface area contributed by atoms with Crippen molar-refractivity contribution in [1.82, 2.24) is 4.98 Å². The van der Waals surface area contributed by atoms with Crippen LogP contribution in [0.5, 0.6) is 0 Å². The summed E-state index contributed by atoms with van der Waals surface area (Å²) in [5, 5.41) is 5.32. The molecule has 0 saturated heterocycles. The van der Waals surface area contributed by atoms with Gasteiger partial charge in [0.1, 0.15) is 0 Å². The van der Waals surface area contributed by atoms with E-state index in [2.05, 4.69) is 18.3 Å². The van der Waals surface area contributed by atoms with Crippen LogP contribution in [0.4, 0.5) is 5.69 Å². The number of anilines is 1. The minimum absolute atomic E-state index is 0.636. The van der Waals surface area contributed by atoms with Gasteiger partial charge in [0.15, 0.2) is 0 Å². The maximum atomic E-state index is 6.28. The molecule has 0 aliphatic carbocycles. The summed E-state index contributed by atoms with van der Waals surface area (Å²) in [5.74, 6) is 0. The summed E-state index contributed by atoms with van der Waals surface area (Å²) in [6.07, 6.45) is 1.94. The number of aromatic nitrogens is 1. The van der Waals surface area contributed by atoms with E-state index in [1.165, 1.54) is 5.56 Å². The molecule has 2 aromatic rings. The molecule has 0 unspecified atom stereocenters. The van der Waals surface area contributed by atoms with Crippen molar-refractivity contribution >= 4 is 28.2 Å². The SMILES string of the molecule is CCCNc1c2c(nc3c(Cl)cccc13)CCOC2. The van der Waals surface area contributed by atoms with E-state index >= 15 is 0 Å². The monoisotopic (exact) mass is 276 g/mol. The number of hydrogen-bond acceptors (Lipinski definition) is 3. The summed E-state index contributed by atoms with van der Waals surface area (Å²) in [6.45, 7) is 4.48. The Kier molecular flexibility index (Phi) is 3.58. The first kappa shape index (κ1) is 12.7. The van der Waals surface area contributed by atoms with Crippen molar-refractivity contribution in [2.45, 2.75) is 26.4 Å². The molecule has 3 nitrogen and oxygen atoms in total. The predicted octanol–water partition coefficient (Wildman–Crippen LogP) is 3.78. The molecule has 0 atom stereocenters. The minimum atomic E-state index is 0.636. The number of pyridine rings is 1. The smallest absolute Gasteiger partial charge is 0.0912 e. The molecule has 0 radical (unpaired) electrons. The first-order valence-corrected chi connectivity index (χ1v) is 7.10. The van der Waals surface area contributed by atoms with Crippen molar-refractivity contribution in [3.8, 4) is 0 Å². The summed E-state index contributed by atoms with van der Waals surface area (Å²) < 4.78 is 5.58. The first-order chi connectivity index (χ1) is 9.31. The van der Waals surface area contributed by atoms with Gasteiger partial charge in [0.25, 0.3) is 0 Å². The van der Waals surface area contributed by atoms with Gasteiger partial charge in [-0.15, -0.1) is 0 Å². The van der Waals surface area contributed by atoms with Gasteiger partial charge in [-0.1, -0.05) is 30.7 Å². The van der Waals surface area contributed by atoms with Gasteiger partial charge in [-0.25, -0.2) is 0 Å². The van der Waals surface area contributed by atoms with Crippen molar-refractivity contribution < 1.29 is 4.74 Å². The molecular formula is C15H17ClN2O. The third-order valence-corrected chi connectivity index (χ3v) is 3.74. The van der Waals surface area contributed by atoms with E-state index in [9.17, 15) is 0 Å². The molecule has 1 aromatic carbocycles.